The van der Waals surface area contributed by atoms with Gasteiger partial charge in [-0.15, -0.1) is 0 Å². The second-order valence-electron chi connectivity index (χ2n) is 8.14. The maximum Gasteiger partial charge on any atom is 0.143 e. The molecule has 0 aliphatic heterocycles. The highest BCUT2D eigenvalue weighted by Gasteiger charge is 2.18. The van der Waals surface area contributed by atoms with Gasteiger partial charge in [0.05, 0.1) is 0 Å². The Morgan fingerprint density at radius 1 is 0.406 bits per heavy atom. The van der Waals surface area contributed by atoms with Crippen LogP contribution in [0.5, 0.6) is 0 Å². The number of furan rings is 2. The summed E-state index contributed by atoms with van der Waals surface area (Å²) in [6.45, 7) is 0. The molecule has 2 aromatic heterocycles. The van der Waals surface area contributed by atoms with E-state index < -0.39 is 0 Å². The molecule has 7 aromatic rings. The van der Waals surface area contributed by atoms with Gasteiger partial charge in [-0.25, -0.2) is 0 Å². The molecule has 150 valence electrons. The molecular formula is C30H18O2. The van der Waals surface area contributed by atoms with E-state index in [1.54, 1.807) is 0 Å². The van der Waals surface area contributed by atoms with Crippen molar-refractivity contribution in [1.82, 2.24) is 0 Å². The van der Waals surface area contributed by atoms with E-state index in [1.165, 1.54) is 10.8 Å². The zero-order valence-electron chi connectivity index (χ0n) is 17.2. The predicted molar refractivity (Wildman–Crippen MR) is 132 cm³/mol. The fourth-order valence-electron chi connectivity index (χ4n) is 4.80. The number of para-hydroxylation sites is 1. The molecule has 32 heavy (non-hydrogen) atoms. The minimum absolute atomic E-state index is 0.885. The first-order valence-corrected chi connectivity index (χ1v) is 10.8. The van der Waals surface area contributed by atoms with Crippen LogP contribution in [0.4, 0.5) is 0 Å². The fraction of sp³-hybridized carbons (Fsp3) is 0. The van der Waals surface area contributed by atoms with Gasteiger partial charge in [0.15, 0.2) is 0 Å². The average Bonchev–Trinajstić information content (AvgIpc) is 3.42. The highest BCUT2D eigenvalue weighted by molar-refractivity contribution is 6.10. The van der Waals surface area contributed by atoms with Gasteiger partial charge in [-0.1, -0.05) is 84.9 Å². The summed E-state index contributed by atoms with van der Waals surface area (Å²) >= 11 is 0. The maximum absolute atomic E-state index is 6.65. The molecule has 0 bridgehead atoms. The van der Waals surface area contributed by atoms with Crippen molar-refractivity contribution in [3.8, 4) is 22.6 Å². The first-order chi connectivity index (χ1) is 15.9. The molecule has 0 amide bonds. The van der Waals surface area contributed by atoms with Gasteiger partial charge in [-0.05, 0) is 35.0 Å². The quantitative estimate of drug-likeness (QED) is 0.284. The maximum atomic E-state index is 6.65. The van der Waals surface area contributed by atoms with Gasteiger partial charge in [0.1, 0.15) is 22.7 Å². The summed E-state index contributed by atoms with van der Waals surface area (Å²) in [5.41, 5.74) is 3.95. The number of hydrogen-bond donors (Lipinski definition) is 0. The van der Waals surface area contributed by atoms with Crippen molar-refractivity contribution >= 4 is 43.5 Å². The van der Waals surface area contributed by atoms with Crippen LogP contribution in [0, 0.1) is 0 Å². The SMILES string of the molecule is c1ccc2c(-c3oc(-c4ccc5oc6ccccc6c5c4)c4ccccc34)cccc2c1. The zero-order chi connectivity index (χ0) is 21.1. The molecule has 7 rings (SSSR count). The van der Waals surface area contributed by atoms with E-state index in [1.807, 2.05) is 24.3 Å². The lowest BCUT2D eigenvalue weighted by Gasteiger charge is -2.04. The van der Waals surface area contributed by atoms with Crippen LogP contribution in [0.15, 0.2) is 118 Å². The Hall–Kier alpha value is -4.30. The van der Waals surface area contributed by atoms with E-state index in [9.17, 15) is 0 Å². The van der Waals surface area contributed by atoms with Gasteiger partial charge in [0.2, 0.25) is 0 Å². The van der Waals surface area contributed by atoms with E-state index in [0.717, 1.165) is 55.4 Å². The lowest BCUT2D eigenvalue weighted by Crippen LogP contribution is -1.79. The average molecular weight is 410 g/mol. The summed E-state index contributed by atoms with van der Waals surface area (Å²) < 4.78 is 12.7. The molecule has 0 radical (unpaired) electrons. The summed E-state index contributed by atoms with van der Waals surface area (Å²) in [5, 5.41) is 6.86. The molecule has 0 fully saturated rings. The normalized spacial score (nSPS) is 11.8. The van der Waals surface area contributed by atoms with Crippen LogP contribution in [0.3, 0.4) is 0 Å². The molecule has 0 N–H and O–H groups in total. The number of fused-ring (bicyclic) bond motifs is 5. The molecule has 5 aromatic carbocycles. The van der Waals surface area contributed by atoms with E-state index >= 15 is 0 Å². The Morgan fingerprint density at radius 3 is 1.94 bits per heavy atom. The smallest absolute Gasteiger partial charge is 0.143 e. The van der Waals surface area contributed by atoms with Crippen LogP contribution in [0.25, 0.3) is 66.1 Å². The molecule has 0 saturated heterocycles. The topological polar surface area (TPSA) is 26.3 Å². The van der Waals surface area contributed by atoms with Gasteiger partial charge in [-0.3, -0.25) is 0 Å². The van der Waals surface area contributed by atoms with Gasteiger partial charge < -0.3 is 8.83 Å². The Morgan fingerprint density at radius 2 is 1.06 bits per heavy atom. The summed E-state index contributed by atoms with van der Waals surface area (Å²) in [4.78, 5) is 0. The Balaban J connectivity index is 1.52. The third-order valence-corrected chi connectivity index (χ3v) is 6.29. The Kier molecular flexibility index (Phi) is 3.58. The second-order valence-corrected chi connectivity index (χ2v) is 8.14. The summed E-state index contributed by atoms with van der Waals surface area (Å²) in [6, 6.07) is 37.7. The third-order valence-electron chi connectivity index (χ3n) is 6.29. The van der Waals surface area contributed by atoms with Crippen LogP contribution in [0.2, 0.25) is 0 Å². The summed E-state index contributed by atoms with van der Waals surface area (Å²) in [6.07, 6.45) is 0. The lowest BCUT2D eigenvalue weighted by atomic mass is 9.99. The van der Waals surface area contributed by atoms with Crippen LogP contribution in [-0.2, 0) is 0 Å². The van der Waals surface area contributed by atoms with Gasteiger partial charge in [0, 0.05) is 32.7 Å². The molecule has 0 aliphatic rings. The van der Waals surface area contributed by atoms with Crippen LogP contribution >= 0.6 is 0 Å². The lowest BCUT2D eigenvalue weighted by molar-refractivity contribution is 0.602. The van der Waals surface area contributed by atoms with Crippen molar-refractivity contribution in [3.63, 3.8) is 0 Å². The molecule has 2 heterocycles. The fourth-order valence-corrected chi connectivity index (χ4v) is 4.80. The molecule has 0 saturated carbocycles. The largest absolute Gasteiger partial charge is 0.456 e. The Bertz CT molecular complexity index is 1780. The van der Waals surface area contributed by atoms with E-state index in [-0.39, 0.29) is 0 Å². The van der Waals surface area contributed by atoms with Crippen molar-refractivity contribution in [2.75, 3.05) is 0 Å². The number of rotatable bonds is 2. The van der Waals surface area contributed by atoms with Gasteiger partial charge in [0.25, 0.3) is 0 Å². The van der Waals surface area contributed by atoms with E-state index in [4.69, 9.17) is 8.83 Å². The zero-order valence-corrected chi connectivity index (χ0v) is 17.2. The molecule has 2 heteroatoms. The first kappa shape index (κ1) is 17.4. The highest BCUT2D eigenvalue weighted by atomic mass is 16.3. The van der Waals surface area contributed by atoms with E-state index in [2.05, 4.69) is 84.9 Å². The highest BCUT2D eigenvalue weighted by Crippen LogP contribution is 2.42. The van der Waals surface area contributed by atoms with Crippen molar-refractivity contribution < 1.29 is 8.83 Å². The molecule has 2 nitrogen and oxygen atoms in total. The van der Waals surface area contributed by atoms with Crippen molar-refractivity contribution in [2.45, 2.75) is 0 Å². The van der Waals surface area contributed by atoms with Crippen LogP contribution in [-0.4, -0.2) is 0 Å². The van der Waals surface area contributed by atoms with Crippen molar-refractivity contribution in [2.24, 2.45) is 0 Å². The standard InChI is InChI=1S/C30H18O2/c1-2-10-21-19(8-1)9-7-14-23(21)30-25-13-4-3-12-24(25)29(32-30)20-16-17-28-26(18-20)22-11-5-6-15-27(22)31-28/h1-18H. The van der Waals surface area contributed by atoms with Gasteiger partial charge >= 0.3 is 0 Å². The summed E-state index contributed by atoms with van der Waals surface area (Å²) in [5.74, 6) is 1.79. The summed E-state index contributed by atoms with van der Waals surface area (Å²) in [7, 11) is 0. The van der Waals surface area contributed by atoms with Crippen LogP contribution < -0.4 is 0 Å². The third kappa shape index (κ3) is 2.47. The van der Waals surface area contributed by atoms with Crippen molar-refractivity contribution in [3.05, 3.63) is 109 Å². The molecule has 0 spiro atoms. The van der Waals surface area contributed by atoms with Crippen molar-refractivity contribution in [1.29, 1.82) is 0 Å². The second kappa shape index (κ2) is 6.60. The number of benzene rings is 5. The molecular weight excluding hydrogens is 392 g/mol. The Labute approximate surface area is 184 Å². The first-order valence-electron chi connectivity index (χ1n) is 10.8. The van der Waals surface area contributed by atoms with E-state index in [0.29, 0.717) is 0 Å². The monoisotopic (exact) mass is 410 g/mol. The minimum Gasteiger partial charge on any atom is -0.456 e. The van der Waals surface area contributed by atoms with Gasteiger partial charge in [-0.2, -0.15) is 0 Å². The minimum atomic E-state index is 0.885. The van der Waals surface area contributed by atoms with Crippen LogP contribution in [0.1, 0.15) is 0 Å². The molecule has 0 atom stereocenters. The molecule has 0 unspecified atom stereocenters. The molecule has 0 aliphatic carbocycles. The number of hydrogen-bond acceptors (Lipinski definition) is 2. The predicted octanol–water partition coefficient (Wildman–Crippen LogP) is 8.82.